The SMILES string of the molecule is CCNC(Cc1nc(C)c(C)s1)C(C)(CC)N(C)C. The van der Waals surface area contributed by atoms with E-state index in [9.17, 15) is 0 Å². The first kappa shape index (κ1) is 16.6. The van der Waals surface area contributed by atoms with Crippen molar-refractivity contribution >= 4 is 11.3 Å². The van der Waals surface area contributed by atoms with E-state index in [1.54, 1.807) is 0 Å². The number of thiazole rings is 1. The lowest BCUT2D eigenvalue weighted by Gasteiger charge is -2.43. The molecule has 19 heavy (non-hydrogen) atoms. The Morgan fingerprint density at radius 2 is 1.95 bits per heavy atom. The summed E-state index contributed by atoms with van der Waals surface area (Å²) in [5.41, 5.74) is 1.34. The van der Waals surface area contributed by atoms with Crippen molar-refractivity contribution in [3.8, 4) is 0 Å². The van der Waals surface area contributed by atoms with Crippen molar-refractivity contribution in [2.45, 2.75) is 59.0 Å². The van der Waals surface area contributed by atoms with E-state index in [1.165, 1.54) is 15.6 Å². The molecule has 0 saturated heterocycles. The highest BCUT2D eigenvalue weighted by Crippen LogP contribution is 2.26. The van der Waals surface area contributed by atoms with Gasteiger partial charge >= 0.3 is 0 Å². The maximum absolute atomic E-state index is 4.70. The van der Waals surface area contributed by atoms with Crippen LogP contribution in [0.5, 0.6) is 0 Å². The largest absolute Gasteiger partial charge is 0.312 e. The van der Waals surface area contributed by atoms with E-state index >= 15 is 0 Å². The molecule has 0 bridgehead atoms. The van der Waals surface area contributed by atoms with Crippen molar-refractivity contribution in [3.05, 3.63) is 15.6 Å². The zero-order valence-corrected chi connectivity index (χ0v) is 14.3. The molecule has 0 radical (unpaired) electrons. The Bertz CT molecular complexity index is 381. The van der Waals surface area contributed by atoms with Gasteiger partial charge in [0.1, 0.15) is 0 Å². The minimum Gasteiger partial charge on any atom is -0.312 e. The number of aryl methyl sites for hydroxylation is 2. The van der Waals surface area contributed by atoms with E-state index in [0.717, 1.165) is 19.4 Å². The third kappa shape index (κ3) is 3.77. The lowest BCUT2D eigenvalue weighted by atomic mass is 9.86. The molecule has 1 heterocycles. The monoisotopic (exact) mass is 283 g/mol. The third-order valence-electron chi connectivity index (χ3n) is 4.39. The van der Waals surface area contributed by atoms with Gasteiger partial charge in [0.15, 0.2) is 0 Å². The van der Waals surface area contributed by atoms with Gasteiger partial charge < -0.3 is 10.2 Å². The quantitative estimate of drug-likeness (QED) is 0.834. The zero-order chi connectivity index (χ0) is 14.6. The minimum absolute atomic E-state index is 0.156. The van der Waals surface area contributed by atoms with Crippen LogP contribution in [0, 0.1) is 13.8 Å². The predicted molar refractivity (Wildman–Crippen MR) is 85.1 cm³/mol. The predicted octanol–water partition coefficient (Wildman–Crippen LogP) is 3.01. The average Bonchev–Trinajstić information content (AvgIpc) is 2.66. The summed E-state index contributed by atoms with van der Waals surface area (Å²) in [5, 5.41) is 4.91. The fourth-order valence-corrected chi connectivity index (χ4v) is 3.41. The van der Waals surface area contributed by atoms with Gasteiger partial charge in [0.05, 0.1) is 10.7 Å². The molecule has 0 saturated carbocycles. The summed E-state index contributed by atoms with van der Waals surface area (Å²) in [6, 6.07) is 0.433. The van der Waals surface area contributed by atoms with Gasteiger partial charge in [0, 0.05) is 22.9 Å². The van der Waals surface area contributed by atoms with E-state index in [-0.39, 0.29) is 5.54 Å². The van der Waals surface area contributed by atoms with Gasteiger partial charge in [-0.05, 0) is 47.8 Å². The molecule has 0 fully saturated rings. The molecule has 1 rings (SSSR count). The molecule has 1 aromatic rings. The van der Waals surface area contributed by atoms with Gasteiger partial charge in [0.25, 0.3) is 0 Å². The Balaban J connectivity index is 2.94. The molecule has 1 aromatic heterocycles. The molecule has 0 aromatic carbocycles. The van der Waals surface area contributed by atoms with Crippen LogP contribution in [0.15, 0.2) is 0 Å². The molecule has 0 aliphatic heterocycles. The van der Waals surface area contributed by atoms with E-state index < -0.39 is 0 Å². The lowest BCUT2D eigenvalue weighted by Crippen LogP contribution is -2.57. The molecule has 2 atom stereocenters. The highest BCUT2D eigenvalue weighted by atomic mass is 32.1. The smallest absolute Gasteiger partial charge is 0.0947 e. The molecule has 0 amide bonds. The van der Waals surface area contributed by atoms with Crippen molar-refractivity contribution in [2.24, 2.45) is 0 Å². The Morgan fingerprint density at radius 1 is 1.32 bits per heavy atom. The summed E-state index contributed by atoms with van der Waals surface area (Å²) >= 11 is 1.84. The number of hydrogen-bond donors (Lipinski definition) is 1. The maximum atomic E-state index is 4.70. The first-order valence-corrected chi connectivity index (χ1v) is 8.00. The Morgan fingerprint density at radius 3 is 2.32 bits per heavy atom. The number of nitrogens with one attached hydrogen (secondary N) is 1. The van der Waals surface area contributed by atoms with Gasteiger partial charge in [0.2, 0.25) is 0 Å². The summed E-state index contributed by atoms with van der Waals surface area (Å²) in [4.78, 5) is 8.38. The third-order valence-corrected chi connectivity index (χ3v) is 5.49. The fraction of sp³-hybridized carbons (Fsp3) is 0.800. The summed E-state index contributed by atoms with van der Waals surface area (Å²) in [6.07, 6.45) is 2.14. The van der Waals surface area contributed by atoms with Gasteiger partial charge in [-0.15, -0.1) is 11.3 Å². The van der Waals surface area contributed by atoms with Gasteiger partial charge in [-0.3, -0.25) is 0 Å². The molecule has 3 nitrogen and oxygen atoms in total. The first-order chi connectivity index (χ1) is 8.85. The molecule has 1 N–H and O–H groups in total. The van der Waals surface area contributed by atoms with E-state index in [1.807, 2.05) is 11.3 Å². The van der Waals surface area contributed by atoms with Crippen molar-refractivity contribution in [1.82, 2.24) is 15.2 Å². The van der Waals surface area contributed by atoms with E-state index in [0.29, 0.717) is 6.04 Å². The van der Waals surface area contributed by atoms with E-state index in [2.05, 4.69) is 58.9 Å². The standard InChI is InChI=1S/C15H29N3S/c1-8-15(5,18(6)7)13(16-9-2)10-14-17-11(3)12(4)19-14/h13,16H,8-10H2,1-7H3. The second-order valence-corrected chi connectivity index (χ2v) is 6.96. The van der Waals surface area contributed by atoms with Crippen molar-refractivity contribution in [2.75, 3.05) is 20.6 Å². The average molecular weight is 283 g/mol. The Kier molecular flexibility index (Phi) is 5.96. The molecule has 110 valence electrons. The summed E-state index contributed by atoms with van der Waals surface area (Å²) in [7, 11) is 4.35. The van der Waals surface area contributed by atoms with E-state index in [4.69, 9.17) is 4.98 Å². The molecular weight excluding hydrogens is 254 g/mol. The van der Waals surface area contributed by atoms with Crippen LogP contribution in [0.3, 0.4) is 0 Å². The van der Waals surface area contributed by atoms with Gasteiger partial charge in [-0.2, -0.15) is 0 Å². The number of nitrogens with zero attached hydrogens (tertiary/aromatic N) is 2. The van der Waals surface area contributed by atoms with Gasteiger partial charge in [-0.1, -0.05) is 13.8 Å². The van der Waals surface area contributed by atoms with Crippen LogP contribution >= 0.6 is 11.3 Å². The van der Waals surface area contributed by atoms with Crippen LogP contribution in [0.25, 0.3) is 0 Å². The Hall–Kier alpha value is -0.450. The highest BCUT2D eigenvalue weighted by molar-refractivity contribution is 7.11. The number of hydrogen-bond acceptors (Lipinski definition) is 4. The highest BCUT2D eigenvalue weighted by Gasteiger charge is 2.34. The van der Waals surface area contributed by atoms with Crippen LogP contribution in [0.2, 0.25) is 0 Å². The number of likely N-dealkylation sites (N-methyl/N-ethyl adjacent to an activating group) is 2. The maximum Gasteiger partial charge on any atom is 0.0947 e. The van der Waals surface area contributed by atoms with Crippen molar-refractivity contribution in [1.29, 1.82) is 0 Å². The first-order valence-electron chi connectivity index (χ1n) is 7.18. The molecule has 0 aliphatic rings. The molecule has 2 unspecified atom stereocenters. The zero-order valence-electron chi connectivity index (χ0n) is 13.5. The van der Waals surface area contributed by atoms with Crippen molar-refractivity contribution < 1.29 is 0 Å². The summed E-state index contributed by atoms with van der Waals surface area (Å²) < 4.78 is 0. The molecule has 4 heteroatoms. The Labute approximate surface area is 122 Å². The second-order valence-electron chi connectivity index (χ2n) is 5.67. The van der Waals surface area contributed by atoms with Crippen LogP contribution in [-0.4, -0.2) is 42.1 Å². The normalized spacial score (nSPS) is 16.6. The van der Waals surface area contributed by atoms with Crippen LogP contribution in [0.1, 0.15) is 42.8 Å². The fourth-order valence-electron chi connectivity index (χ4n) is 2.43. The van der Waals surface area contributed by atoms with Crippen LogP contribution in [0.4, 0.5) is 0 Å². The minimum atomic E-state index is 0.156. The summed E-state index contributed by atoms with van der Waals surface area (Å²) in [5.74, 6) is 0. The molecular formula is C15H29N3S. The van der Waals surface area contributed by atoms with Gasteiger partial charge in [-0.25, -0.2) is 4.98 Å². The molecule has 0 spiro atoms. The van der Waals surface area contributed by atoms with Crippen molar-refractivity contribution in [3.63, 3.8) is 0 Å². The number of rotatable bonds is 7. The second kappa shape index (κ2) is 6.82. The van der Waals surface area contributed by atoms with Crippen LogP contribution in [-0.2, 0) is 6.42 Å². The van der Waals surface area contributed by atoms with Crippen LogP contribution < -0.4 is 5.32 Å². The lowest BCUT2D eigenvalue weighted by molar-refractivity contribution is 0.113. The molecule has 0 aliphatic carbocycles. The number of aromatic nitrogens is 1. The topological polar surface area (TPSA) is 28.2 Å². The summed E-state index contributed by atoms with van der Waals surface area (Å²) in [6.45, 7) is 12.0.